The quantitative estimate of drug-likeness (QED) is 0.742. The molecule has 4 nitrogen and oxygen atoms in total. The molecule has 0 unspecified atom stereocenters. The number of hydrogen-bond donors (Lipinski definition) is 2. The molecule has 0 aliphatic carbocycles. The highest BCUT2D eigenvalue weighted by Gasteiger charge is 2.11. The van der Waals surface area contributed by atoms with Gasteiger partial charge in [-0.2, -0.15) is 5.10 Å². The Morgan fingerprint density at radius 2 is 2.15 bits per heavy atom. The van der Waals surface area contributed by atoms with Gasteiger partial charge in [0.25, 0.3) is 0 Å². The molecular weight excluding hydrogens is 164 g/mol. The molecule has 13 heavy (non-hydrogen) atoms. The number of hydrogen-bond acceptors (Lipinski definition) is 3. The second kappa shape index (κ2) is 3.68. The zero-order valence-electron chi connectivity index (χ0n) is 8.76. The number of aromatic nitrogens is 2. The van der Waals surface area contributed by atoms with Crippen LogP contribution < -0.4 is 11.1 Å². The standard InChI is InChI=1S/C9H18N4/c1-5-7-8(10)9(11-6(2)3)13(4)12-7/h6,11H,5,10H2,1-4H3. The van der Waals surface area contributed by atoms with E-state index in [1.807, 2.05) is 7.05 Å². The molecule has 1 rings (SSSR count). The second-order valence-corrected chi connectivity index (χ2v) is 3.49. The number of nitrogen functional groups attached to an aromatic ring is 1. The van der Waals surface area contributed by atoms with Crippen LogP contribution >= 0.6 is 0 Å². The number of rotatable bonds is 3. The van der Waals surface area contributed by atoms with Crippen molar-refractivity contribution in [3.8, 4) is 0 Å². The Morgan fingerprint density at radius 1 is 1.54 bits per heavy atom. The Labute approximate surface area is 79.1 Å². The second-order valence-electron chi connectivity index (χ2n) is 3.49. The molecule has 0 amide bonds. The first-order chi connectivity index (χ1) is 6.06. The van der Waals surface area contributed by atoms with Crippen molar-refractivity contribution in [2.75, 3.05) is 11.1 Å². The highest BCUT2D eigenvalue weighted by Crippen LogP contribution is 2.22. The fourth-order valence-electron chi connectivity index (χ4n) is 1.30. The molecule has 0 spiro atoms. The van der Waals surface area contributed by atoms with Gasteiger partial charge in [-0.15, -0.1) is 0 Å². The zero-order valence-corrected chi connectivity index (χ0v) is 8.76. The van der Waals surface area contributed by atoms with E-state index in [9.17, 15) is 0 Å². The Morgan fingerprint density at radius 3 is 2.54 bits per heavy atom. The van der Waals surface area contributed by atoms with Crippen LogP contribution in [0, 0.1) is 0 Å². The highest BCUT2D eigenvalue weighted by atomic mass is 15.3. The SMILES string of the molecule is CCc1nn(C)c(NC(C)C)c1N. The minimum absolute atomic E-state index is 0.377. The Balaban J connectivity index is 2.98. The van der Waals surface area contributed by atoms with Crippen LogP contribution in [-0.2, 0) is 13.5 Å². The molecule has 1 aromatic heterocycles. The molecular formula is C9H18N4. The average molecular weight is 182 g/mol. The van der Waals surface area contributed by atoms with Gasteiger partial charge in [-0.1, -0.05) is 6.92 Å². The fourth-order valence-corrected chi connectivity index (χ4v) is 1.30. The zero-order chi connectivity index (χ0) is 10.0. The lowest BCUT2D eigenvalue weighted by atomic mass is 10.3. The van der Waals surface area contributed by atoms with E-state index in [0.717, 1.165) is 23.6 Å². The molecule has 4 heteroatoms. The van der Waals surface area contributed by atoms with Gasteiger partial charge in [-0.3, -0.25) is 4.68 Å². The molecule has 0 fully saturated rings. The third kappa shape index (κ3) is 1.94. The summed E-state index contributed by atoms with van der Waals surface area (Å²) in [6.45, 7) is 6.22. The van der Waals surface area contributed by atoms with Crippen LogP contribution in [0.5, 0.6) is 0 Å². The maximum absolute atomic E-state index is 5.92. The highest BCUT2D eigenvalue weighted by molar-refractivity contribution is 5.65. The van der Waals surface area contributed by atoms with Crippen molar-refractivity contribution in [3.05, 3.63) is 5.69 Å². The maximum atomic E-state index is 5.92. The summed E-state index contributed by atoms with van der Waals surface area (Å²) in [7, 11) is 1.90. The Bertz CT molecular complexity index is 288. The number of anilines is 2. The van der Waals surface area contributed by atoms with Crippen LogP contribution in [-0.4, -0.2) is 15.8 Å². The van der Waals surface area contributed by atoms with E-state index in [1.165, 1.54) is 0 Å². The summed E-state index contributed by atoms with van der Waals surface area (Å²) >= 11 is 0. The van der Waals surface area contributed by atoms with Gasteiger partial charge in [0, 0.05) is 13.1 Å². The van der Waals surface area contributed by atoms with E-state index in [4.69, 9.17) is 5.73 Å². The smallest absolute Gasteiger partial charge is 0.147 e. The number of aryl methyl sites for hydroxylation is 2. The molecule has 0 bridgehead atoms. The first-order valence-corrected chi connectivity index (χ1v) is 4.64. The normalized spacial score (nSPS) is 10.8. The third-order valence-electron chi connectivity index (χ3n) is 1.92. The molecule has 0 aliphatic rings. The van der Waals surface area contributed by atoms with Crippen molar-refractivity contribution in [3.63, 3.8) is 0 Å². The van der Waals surface area contributed by atoms with Gasteiger partial charge >= 0.3 is 0 Å². The minimum Gasteiger partial charge on any atom is -0.394 e. The van der Waals surface area contributed by atoms with E-state index >= 15 is 0 Å². The van der Waals surface area contributed by atoms with Gasteiger partial charge in [0.1, 0.15) is 5.82 Å². The predicted octanol–water partition coefficient (Wildman–Crippen LogP) is 1.38. The summed E-state index contributed by atoms with van der Waals surface area (Å²) in [4.78, 5) is 0. The summed E-state index contributed by atoms with van der Waals surface area (Å²) < 4.78 is 1.80. The molecule has 74 valence electrons. The molecule has 3 N–H and O–H groups in total. The molecule has 0 aromatic carbocycles. The number of nitrogens with one attached hydrogen (secondary N) is 1. The maximum Gasteiger partial charge on any atom is 0.147 e. The lowest BCUT2D eigenvalue weighted by Gasteiger charge is -2.10. The lowest BCUT2D eigenvalue weighted by molar-refractivity contribution is 0.737. The molecule has 0 saturated carbocycles. The summed E-state index contributed by atoms with van der Waals surface area (Å²) in [6.07, 6.45) is 0.874. The number of nitrogens with zero attached hydrogens (tertiary/aromatic N) is 2. The summed E-state index contributed by atoms with van der Waals surface area (Å²) in [6, 6.07) is 0.377. The van der Waals surface area contributed by atoms with Gasteiger partial charge in [-0.05, 0) is 20.3 Å². The summed E-state index contributed by atoms with van der Waals surface area (Å²) in [5.41, 5.74) is 7.66. The molecule has 0 atom stereocenters. The predicted molar refractivity (Wildman–Crippen MR) is 55.8 cm³/mol. The lowest BCUT2D eigenvalue weighted by Crippen LogP contribution is -2.14. The first kappa shape index (κ1) is 9.89. The van der Waals surface area contributed by atoms with E-state index in [-0.39, 0.29) is 0 Å². The fraction of sp³-hybridized carbons (Fsp3) is 0.667. The largest absolute Gasteiger partial charge is 0.394 e. The summed E-state index contributed by atoms with van der Waals surface area (Å²) in [5.74, 6) is 0.923. The Hall–Kier alpha value is -1.19. The van der Waals surface area contributed by atoms with Gasteiger partial charge in [-0.25, -0.2) is 0 Å². The molecule has 0 saturated heterocycles. The van der Waals surface area contributed by atoms with Crippen molar-refractivity contribution in [2.24, 2.45) is 7.05 Å². The monoisotopic (exact) mass is 182 g/mol. The van der Waals surface area contributed by atoms with Crippen LogP contribution in [0.3, 0.4) is 0 Å². The number of nitrogens with two attached hydrogens (primary N) is 1. The van der Waals surface area contributed by atoms with Crippen molar-refractivity contribution < 1.29 is 0 Å². The van der Waals surface area contributed by atoms with Crippen LogP contribution in [0.1, 0.15) is 26.5 Å². The van der Waals surface area contributed by atoms with Gasteiger partial charge in [0.2, 0.25) is 0 Å². The summed E-state index contributed by atoms with van der Waals surface area (Å²) in [5, 5.41) is 7.58. The van der Waals surface area contributed by atoms with Crippen LogP contribution in [0.15, 0.2) is 0 Å². The van der Waals surface area contributed by atoms with Gasteiger partial charge in [0.15, 0.2) is 0 Å². The molecule has 1 heterocycles. The van der Waals surface area contributed by atoms with E-state index < -0.39 is 0 Å². The average Bonchev–Trinajstić information content (AvgIpc) is 2.31. The van der Waals surface area contributed by atoms with E-state index in [1.54, 1.807) is 4.68 Å². The third-order valence-corrected chi connectivity index (χ3v) is 1.92. The van der Waals surface area contributed by atoms with E-state index in [0.29, 0.717) is 6.04 Å². The minimum atomic E-state index is 0.377. The molecule has 1 aromatic rings. The van der Waals surface area contributed by atoms with Crippen molar-refractivity contribution >= 4 is 11.5 Å². The topological polar surface area (TPSA) is 55.9 Å². The Kier molecular flexibility index (Phi) is 2.80. The van der Waals surface area contributed by atoms with Crippen LogP contribution in [0.4, 0.5) is 11.5 Å². The van der Waals surface area contributed by atoms with Gasteiger partial charge < -0.3 is 11.1 Å². The van der Waals surface area contributed by atoms with E-state index in [2.05, 4.69) is 31.2 Å². The molecule has 0 aliphatic heterocycles. The first-order valence-electron chi connectivity index (χ1n) is 4.64. The van der Waals surface area contributed by atoms with Crippen molar-refractivity contribution in [1.82, 2.24) is 9.78 Å². The van der Waals surface area contributed by atoms with Crippen LogP contribution in [0.25, 0.3) is 0 Å². The molecule has 0 radical (unpaired) electrons. The van der Waals surface area contributed by atoms with Gasteiger partial charge in [0.05, 0.1) is 11.4 Å². The van der Waals surface area contributed by atoms with Crippen molar-refractivity contribution in [1.29, 1.82) is 0 Å². The van der Waals surface area contributed by atoms with Crippen LogP contribution in [0.2, 0.25) is 0 Å². The van der Waals surface area contributed by atoms with Crippen molar-refractivity contribution in [2.45, 2.75) is 33.2 Å².